The third-order valence-corrected chi connectivity index (χ3v) is 6.83. The third-order valence-electron chi connectivity index (χ3n) is 6.83. The average molecular weight is 396 g/mol. The van der Waals surface area contributed by atoms with Gasteiger partial charge < -0.3 is 9.22 Å². The zero-order valence-electron chi connectivity index (χ0n) is 18.8. The second-order valence-corrected chi connectivity index (χ2v) is 9.33. The van der Waals surface area contributed by atoms with Gasteiger partial charge in [0.25, 0.3) is 0 Å². The van der Waals surface area contributed by atoms with Crippen LogP contribution in [0.2, 0.25) is 0 Å². The molecular formula is C24H47N2O2+. The highest BCUT2D eigenvalue weighted by atomic mass is 16.5. The molecule has 4 heteroatoms. The number of likely N-dealkylation sites (tertiary alicyclic amines) is 2. The maximum Gasteiger partial charge on any atom is 0.361 e. The van der Waals surface area contributed by atoms with E-state index in [-0.39, 0.29) is 5.97 Å². The van der Waals surface area contributed by atoms with Crippen molar-refractivity contribution in [1.82, 2.24) is 4.90 Å². The number of piperidine rings is 2. The van der Waals surface area contributed by atoms with Crippen LogP contribution in [-0.4, -0.2) is 67.8 Å². The van der Waals surface area contributed by atoms with Gasteiger partial charge in [-0.1, -0.05) is 58.3 Å². The van der Waals surface area contributed by atoms with Gasteiger partial charge in [0, 0.05) is 6.54 Å². The van der Waals surface area contributed by atoms with Gasteiger partial charge in [0.2, 0.25) is 0 Å². The van der Waals surface area contributed by atoms with Gasteiger partial charge in [0.1, 0.15) is 0 Å². The predicted octanol–water partition coefficient (Wildman–Crippen LogP) is 5.16. The molecule has 2 rings (SSSR count). The van der Waals surface area contributed by atoms with Gasteiger partial charge in [-0.25, -0.2) is 4.79 Å². The van der Waals surface area contributed by atoms with Gasteiger partial charge in [0.05, 0.1) is 26.2 Å². The first-order chi connectivity index (χ1) is 13.7. The van der Waals surface area contributed by atoms with Crippen LogP contribution in [0.15, 0.2) is 0 Å². The fraction of sp³-hybridized carbons (Fsp3) is 0.958. The zero-order valence-corrected chi connectivity index (χ0v) is 18.8. The minimum absolute atomic E-state index is 0.0449. The average Bonchev–Trinajstić information content (AvgIpc) is 2.72. The summed E-state index contributed by atoms with van der Waals surface area (Å²) in [6.45, 7) is 10.6. The summed E-state index contributed by atoms with van der Waals surface area (Å²) in [4.78, 5) is 15.1. The molecule has 2 aliphatic heterocycles. The van der Waals surface area contributed by atoms with E-state index in [1.54, 1.807) is 0 Å². The standard InChI is InChI=1S/C24H47N2O2/c1-2-3-4-5-6-7-8-15-22-28-24(27)23-26(19-13-10-14-20-26)21-18-25-16-11-9-12-17-25/h2-23H2,1H3/q+1. The minimum Gasteiger partial charge on any atom is -0.462 e. The Labute approximate surface area is 174 Å². The number of carbonyl (C=O) groups is 1. The Morgan fingerprint density at radius 1 is 0.821 bits per heavy atom. The van der Waals surface area contributed by atoms with Crippen LogP contribution in [0.1, 0.15) is 96.8 Å². The highest BCUT2D eigenvalue weighted by Crippen LogP contribution is 2.20. The largest absolute Gasteiger partial charge is 0.462 e. The van der Waals surface area contributed by atoms with Crippen LogP contribution in [0.3, 0.4) is 0 Å². The summed E-state index contributed by atoms with van der Waals surface area (Å²) in [6.07, 6.45) is 18.2. The molecular weight excluding hydrogens is 348 g/mol. The second-order valence-electron chi connectivity index (χ2n) is 9.33. The van der Waals surface area contributed by atoms with Crippen molar-refractivity contribution in [3.63, 3.8) is 0 Å². The lowest BCUT2D eigenvalue weighted by atomic mass is 10.1. The molecule has 2 saturated heterocycles. The van der Waals surface area contributed by atoms with Crippen molar-refractivity contribution >= 4 is 5.97 Å². The zero-order chi connectivity index (χ0) is 19.9. The molecule has 0 unspecified atom stereocenters. The van der Waals surface area contributed by atoms with Gasteiger partial charge in [-0.2, -0.15) is 0 Å². The lowest BCUT2D eigenvalue weighted by molar-refractivity contribution is -0.925. The van der Waals surface area contributed by atoms with E-state index in [0.717, 1.165) is 24.0 Å². The molecule has 0 atom stereocenters. The van der Waals surface area contributed by atoms with E-state index >= 15 is 0 Å². The third kappa shape index (κ3) is 9.73. The Bertz CT molecular complexity index is 401. The number of esters is 1. The van der Waals surface area contributed by atoms with Crippen molar-refractivity contribution in [3.05, 3.63) is 0 Å². The lowest BCUT2D eigenvalue weighted by Gasteiger charge is -2.42. The summed E-state index contributed by atoms with van der Waals surface area (Å²) in [5.41, 5.74) is 0. The van der Waals surface area contributed by atoms with Gasteiger partial charge >= 0.3 is 5.97 Å². The summed E-state index contributed by atoms with van der Waals surface area (Å²) in [7, 11) is 0. The molecule has 0 bridgehead atoms. The van der Waals surface area contributed by atoms with Crippen LogP contribution in [-0.2, 0) is 9.53 Å². The molecule has 28 heavy (non-hydrogen) atoms. The number of hydrogen-bond donors (Lipinski definition) is 0. The van der Waals surface area contributed by atoms with Crippen molar-refractivity contribution in [2.75, 3.05) is 52.4 Å². The molecule has 2 fully saturated rings. The Kier molecular flexibility index (Phi) is 12.2. The number of unbranched alkanes of at least 4 members (excludes halogenated alkanes) is 7. The summed E-state index contributed by atoms with van der Waals surface area (Å²) in [6, 6.07) is 0. The van der Waals surface area contributed by atoms with Crippen LogP contribution in [0.4, 0.5) is 0 Å². The molecule has 0 saturated carbocycles. The lowest BCUT2D eigenvalue weighted by Crippen LogP contribution is -2.57. The summed E-state index contributed by atoms with van der Waals surface area (Å²) < 4.78 is 6.62. The van der Waals surface area contributed by atoms with Crippen LogP contribution < -0.4 is 0 Å². The van der Waals surface area contributed by atoms with Gasteiger partial charge in [-0.15, -0.1) is 0 Å². The molecule has 2 heterocycles. The molecule has 0 amide bonds. The van der Waals surface area contributed by atoms with E-state index < -0.39 is 0 Å². The molecule has 0 spiro atoms. The van der Waals surface area contributed by atoms with E-state index in [1.807, 2.05) is 0 Å². The van der Waals surface area contributed by atoms with Crippen LogP contribution in [0.25, 0.3) is 0 Å². The Morgan fingerprint density at radius 3 is 2.11 bits per heavy atom. The maximum absolute atomic E-state index is 12.5. The van der Waals surface area contributed by atoms with Gasteiger partial charge in [-0.05, 0) is 51.6 Å². The van der Waals surface area contributed by atoms with Crippen LogP contribution in [0, 0.1) is 0 Å². The smallest absolute Gasteiger partial charge is 0.361 e. The number of nitrogens with zero attached hydrogens (tertiary/aromatic N) is 2. The van der Waals surface area contributed by atoms with Crippen molar-refractivity contribution in [2.45, 2.75) is 96.8 Å². The molecule has 0 radical (unpaired) electrons. The van der Waals surface area contributed by atoms with Gasteiger partial charge in [0.15, 0.2) is 6.54 Å². The molecule has 0 aromatic rings. The molecule has 0 aliphatic carbocycles. The Hall–Kier alpha value is -0.610. The van der Waals surface area contributed by atoms with Crippen LogP contribution >= 0.6 is 0 Å². The summed E-state index contributed by atoms with van der Waals surface area (Å²) in [5, 5.41) is 0. The topological polar surface area (TPSA) is 29.5 Å². The Balaban J connectivity index is 1.60. The molecule has 0 aromatic heterocycles. The molecule has 0 aromatic carbocycles. The van der Waals surface area contributed by atoms with Crippen molar-refractivity contribution in [3.8, 4) is 0 Å². The normalized spacial score (nSPS) is 20.2. The highest BCUT2D eigenvalue weighted by molar-refractivity contribution is 5.70. The van der Waals surface area contributed by atoms with E-state index in [9.17, 15) is 4.79 Å². The molecule has 0 N–H and O–H groups in total. The van der Waals surface area contributed by atoms with E-state index in [1.165, 1.54) is 110 Å². The maximum atomic E-state index is 12.5. The van der Waals surface area contributed by atoms with Crippen molar-refractivity contribution < 1.29 is 14.0 Å². The summed E-state index contributed by atoms with van der Waals surface area (Å²) in [5.74, 6) is 0.0449. The Morgan fingerprint density at radius 2 is 1.43 bits per heavy atom. The molecule has 2 aliphatic rings. The van der Waals surface area contributed by atoms with Crippen molar-refractivity contribution in [1.29, 1.82) is 0 Å². The van der Waals surface area contributed by atoms with Crippen LogP contribution in [0.5, 0.6) is 0 Å². The first-order valence-electron chi connectivity index (χ1n) is 12.5. The molecule has 4 nitrogen and oxygen atoms in total. The highest BCUT2D eigenvalue weighted by Gasteiger charge is 2.33. The first-order valence-corrected chi connectivity index (χ1v) is 12.5. The van der Waals surface area contributed by atoms with E-state index in [4.69, 9.17) is 4.74 Å². The van der Waals surface area contributed by atoms with Crippen molar-refractivity contribution in [2.24, 2.45) is 0 Å². The summed E-state index contributed by atoms with van der Waals surface area (Å²) >= 11 is 0. The number of rotatable bonds is 14. The van der Waals surface area contributed by atoms with Gasteiger partial charge in [-0.3, -0.25) is 4.90 Å². The molecule has 164 valence electrons. The fourth-order valence-corrected chi connectivity index (χ4v) is 4.92. The monoisotopic (exact) mass is 395 g/mol. The second kappa shape index (κ2) is 14.4. The van der Waals surface area contributed by atoms with E-state index in [2.05, 4.69) is 11.8 Å². The fourth-order valence-electron chi connectivity index (χ4n) is 4.92. The number of hydrogen-bond acceptors (Lipinski definition) is 3. The number of ether oxygens (including phenoxy) is 1. The SMILES string of the molecule is CCCCCCCCCCOC(=O)C[N+]1(CCN2CCCCC2)CCCCC1. The predicted molar refractivity (Wildman–Crippen MR) is 117 cm³/mol. The number of carbonyl (C=O) groups excluding carboxylic acids is 1. The van der Waals surface area contributed by atoms with E-state index in [0.29, 0.717) is 13.2 Å². The first kappa shape index (κ1) is 23.7. The minimum atomic E-state index is 0.0449. The number of quaternary nitrogens is 1. The quantitative estimate of drug-likeness (QED) is 0.231.